The number of hydrogen-bond acceptors (Lipinski definition) is 5. The van der Waals surface area contributed by atoms with E-state index < -0.39 is 17.1 Å². The Morgan fingerprint density at radius 1 is 1.21 bits per heavy atom. The standard InChI is InChI=1S/C7H17NO4P2/c1-4-9-13(10-5-2)8(3)14-11-6-7-12-14/h4-7H2,1-3H3. The fourth-order valence-corrected chi connectivity index (χ4v) is 3.74. The Morgan fingerprint density at radius 3 is 2.14 bits per heavy atom. The van der Waals surface area contributed by atoms with Gasteiger partial charge in [-0.25, -0.2) is 0 Å². The van der Waals surface area contributed by atoms with Gasteiger partial charge in [-0.05, 0) is 13.8 Å². The average Bonchev–Trinajstić information content (AvgIpc) is 2.69. The maximum absolute atomic E-state index is 5.48. The average molecular weight is 241 g/mol. The lowest BCUT2D eigenvalue weighted by molar-refractivity contribution is 0.242. The van der Waals surface area contributed by atoms with E-state index in [0.717, 1.165) is 0 Å². The molecule has 0 N–H and O–H groups in total. The van der Waals surface area contributed by atoms with Crippen LogP contribution in [0.25, 0.3) is 0 Å². The van der Waals surface area contributed by atoms with Crippen molar-refractivity contribution in [3.8, 4) is 0 Å². The molecule has 0 aliphatic carbocycles. The zero-order valence-electron chi connectivity index (χ0n) is 8.80. The Balaban J connectivity index is 2.39. The third kappa shape index (κ3) is 3.67. The summed E-state index contributed by atoms with van der Waals surface area (Å²) in [7, 11) is -0.0669. The molecule has 0 amide bonds. The third-order valence-electron chi connectivity index (χ3n) is 1.44. The minimum Gasteiger partial charge on any atom is -0.322 e. The van der Waals surface area contributed by atoms with Gasteiger partial charge in [0.05, 0.1) is 26.4 Å². The smallest absolute Gasteiger partial charge is 0.266 e. The van der Waals surface area contributed by atoms with E-state index in [1.165, 1.54) is 0 Å². The van der Waals surface area contributed by atoms with Gasteiger partial charge in [-0.3, -0.25) is 0 Å². The van der Waals surface area contributed by atoms with Crippen LogP contribution in [-0.2, 0) is 18.1 Å². The van der Waals surface area contributed by atoms with Crippen LogP contribution in [0.1, 0.15) is 13.8 Å². The summed E-state index contributed by atoms with van der Waals surface area (Å²) in [6.45, 7) is 6.50. The summed E-state index contributed by atoms with van der Waals surface area (Å²) < 4.78 is 23.7. The minimum atomic E-state index is -1.02. The first kappa shape index (κ1) is 12.7. The molecule has 0 atom stereocenters. The molecule has 84 valence electrons. The Bertz CT molecular complexity index is 151. The largest absolute Gasteiger partial charge is 0.322 e. The highest BCUT2D eigenvalue weighted by molar-refractivity contribution is 7.60. The topological polar surface area (TPSA) is 40.2 Å². The van der Waals surface area contributed by atoms with Crippen molar-refractivity contribution in [3.63, 3.8) is 0 Å². The van der Waals surface area contributed by atoms with Gasteiger partial charge in [-0.1, -0.05) is 0 Å². The monoisotopic (exact) mass is 241 g/mol. The molecular weight excluding hydrogens is 224 g/mol. The van der Waals surface area contributed by atoms with Gasteiger partial charge in [0.25, 0.3) is 17.1 Å². The lowest BCUT2D eigenvalue weighted by atomic mass is 10.8. The first-order chi connectivity index (χ1) is 6.79. The summed E-state index contributed by atoms with van der Waals surface area (Å²) in [5, 5.41) is 0. The van der Waals surface area contributed by atoms with Crippen LogP contribution >= 0.6 is 17.1 Å². The van der Waals surface area contributed by atoms with E-state index in [1.807, 2.05) is 25.3 Å². The van der Waals surface area contributed by atoms with Gasteiger partial charge in [0.1, 0.15) is 0 Å². The molecule has 0 aromatic heterocycles. The zero-order valence-corrected chi connectivity index (χ0v) is 10.6. The van der Waals surface area contributed by atoms with Crippen LogP contribution in [0.2, 0.25) is 0 Å². The van der Waals surface area contributed by atoms with Crippen molar-refractivity contribution in [3.05, 3.63) is 0 Å². The van der Waals surface area contributed by atoms with Gasteiger partial charge in [-0.2, -0.15) is 4.44 Å². The fraction of sp³-hybridized carbons (Fsp3) is 1.00. The predicted octanol–water partition coefficient (Wildman–Crippen LogP) is 2.49. The van der Waals surface area contributed by atoms with E-state index in [0.29, 0.717) is 26.4 Å². The van der Waals surface area contributed by atoms with Gasteiger partial charge in [0.2, 0.25) is 0 Å². The Kier molecular flexibility index (Phi) is 6.38. The fourth-order valence-electron chi connectivity index (χ4n) is 0.920. The number of nitrogens with zero attached hydrogens (tertiary/aromatic N) is 1. The molecule has 0 unspecified atom stereocenters. The molecule has 0 aromatic rings. The van der Waals surface area contributed by atoms with Crippen LogP contribution in [0, 0.1) is 0 Å². The molecule has 0 spiro atoms. The normalized spacial score (nSPS) is 18.6. The van der Waals surface area contributed by atoms with Crippen LogP contribution in [0.5, 0.6) is 0 Å². The highest BCUT2D eigenvalue weighted by Gasteiger charge is 2.30. The van der Waals surface area contributed by atoms with Gasteiger partial charge >= 0.3 is 0 Å². The molecular formula is C7H17NO4P2. The second-order valence-electron chi connectivity index (χ2n) is 2.47. The summed E-state index contributed by atoms with van der Waals surface area (Å²) in [5.74, 6) is 0. The van der Waals surface area contributed by atoms with E-state index in [-0.39, 0.29) is 0 Å². The van der Waals surface area contributed by atoms with Crippen molar-refractivity contribution >= 4 is 17.1 Å². The van der Waals surface area contributed by atoms with Crippen LogP contribution in [0.15, 0.2) is 0 Å². The molecule has 1 aliphatic rings. The summed E-state index contributed by atoms with van der Waals surface area (Å²) in [6.07, 6.45) is 0. The molecule has 0 radical (unpaired) electrons. The van der Waals surface area contributed by atoms with Crippen LogP contribution in [-0.4, -0.2) is 37.9 Å². The van der Waals surface area contributed by atoms with Crippen molar-refractivity contribution in [1.82, 2.24) is 4.44 Å². The maximum Gasteiger partial charge on any atom is 0.266 e. The van der Waals surface area contributed by atoms with Gasteiger partial charge in [0.15, 0.2) is 0 Å². The highest BCUT2D eigenvalue weighted by Crippen LogP contribution is 2.59. The van der Waals surface area contributed by atoms with Crippen LogP contribution < -0.4 is 0 Å². The molecule has 0 aromatic carbocycles. The first-order valence-corrected chi connectivity index (χ1v) is 6.91. The van der Waals surface area contributed by atoms with Crippen molar-refractivity contribution in [2.45, 2.75) is 13.8 Å². The van der Waals surface area contributed by atoms with Crippen molar-refractivity contribution < 1.29 is 18.1 Å². The molecule has 1 heterocycles. The van der Waals surface area contributed by atoms with Gasteiger partial charge < -0.3 is 18.1 Å². The van der Waals surface area contributed by atoms with Crippen molar-refractivity contribution in [1.29, 1.82) is 0 Å². The van der Waals surface area contributed by atoms with E-state index in [9.17, 15) is 0 Å². The molecule has 0 bridgehead atoms. The Morgan fingerprint density at radius 2 is 1.71 bits per heavy atom. The molecule has 0 saturated carbocycles. The van der Waals surface area contributed by atoms with E-state index in [1.54, 1.807) is 0 Å². The SMILES string of the molecule is CCOP(OCC)N(C)P1OCCO1. The summed E-state index contributed by atoms with van der Waals surface area (Å²) in [6, 6.07) is 0. The Labute approximate surface area is 87.6 Å². The molecule has 1 fully saturated rings. The van der Waals surface area contributed by atoms with E-state index in [4.69, 9.17) is 18.1 Å². The van der Waals surface area contributed by atoms with Crippen LogP contribution in [0.4, 0.5) is 0 Å². The second-order valence-corrected chi connectivity index (χ2v) is 5.97. The minimum absolute atomic E-state index is 0.638. The quantitative estimate of drug-likeness (QED) is 0.668. The Hall–Kier alpha value is 0.660. The lowest BCUT2D eigenvalue weighted by Gasteiger charge is -2.27. The molecule has 5 nitrogen and oxygen atoms in total. The molecule has 14 heavy (non-hydrogen) atoms. The third-order valence-corrected chi connectivity index (χ3v) is 5.03. The zero-order chi connectivity index (χ0) is 10.4. The van der Waals surface area contributed by atoms with Crippen LogP contribution in [0.3, 0.4) is 0 Å². The second kappa shape index (κ2) is 7.02. The molecule has 1 rings (SSSR count). The highest BCUT2D eigenvalue weighted by atomic mass is 31.2. The molecule has 1 saturated heterocycles. The van der Waals surface area contributed by atoms with Gasteiger partial charge in [-0.15, -0.1) is 0 Å². The lowest BCUT2D eigenvalue weighted by Crippen LogP contribution is -2.10. The maximum atomic E-state index is 5.48. The van der Waals surface area contributed by atoms with Crippen molar-refractivity contribution in [2.75, 3.05) is 33.5 Å². The summed E-state index contributed by atoms with van der Waals surface area (Å²) >= 11 is 0. The number of rotatable bonds is 6. The molecule has 7 heteroatoms. The summed E-state index contributed by atoms with van der Waals surface area (Å²) in [5.41, 5.74) is 0. The first-order valence-electron chi connectivity index (χ1n) is 4.65. The van der Waals surface area contributed by atoms with E-state index in [2.05, 4.69) is 0 Å². The predicted molar refractivity (Wildman–Crippen MR) is 56.8 cm³/mol. The van der Waals surface area contributed by atoms with E-state index >= 15 is 0 Å². The summed E-state index contributed by atoms with van der Waals surface area (Å²) in [4.78, 5) is 0. The molecule has 1 aliphatic heterocycles. The number of hydrogen-bond donors (Lipinski definition) is 0. The van der Waals surface area contributed by atoms with Crippen molar-refractivity contribution in [2.24, 2.45) is 0 Å². The van der Waals surface area contributed by atoms with Gasteiger partial charge in [0, 0.05) is 7.05 Å².